The minimum atomic E-state index is -0.257. The lowest BCUT2D eigenvalue weighted by Crippen LogP contribution is -2.42. The standard InChI is InChI=1S/C11H18N4O2/c1-9(11(16)14-3-4-17-2)15-7-10-5-12-8-13-6-10/h5-6,8-9,15H,3-4,7H2,1-2H3,(H,14,16). The third-order valence-electron chi connectivity index (χ3n) is 2.23. The van der Waals surface area contributed by atoms with Crippen LogP contribution in [0.2, 0.25) is 0 Å². The molecule has 94 valence electrons. The molecule has 0 saturated heterocycles. The molecule has 1 heterocycles. The summed E-state index contributed by atoms with van der Waals surface area (Å²) in [7, 11) is 1.60. The lowest BCUT2D eigenvalue weighted by atomic mass is 10.2. The highest BCUT2D eigenvalue weighted by molar-refractivity contribution is 5.81. The highest BCUT2D eigenvalue weighted by Crippen LogP contribution is 1.93. The van der Waals surface area contributed by atoms with E-state index in [1.54, 1.807) is 19.5 Å². The summed E-state index contributed by atoms with van der Waals surface area (Å²) < 4.78 is 4.85. The number of nitrogens with zero attached hydrogens (tertiary/aromatic N) is 2. The Morgan fingerprint density at radius 1 is 1.47 bits per heavy atom. The van der Waals surface area contributed by atoms with Crippen LogP contribution >= 0.6 is 0 Å². The maximum atomic E-state index is 11.6. The van der Waals surface area contributed by atoms with Crippen LogP contribution in [0.1, 0.15) is 12.5 Å². The van der Waals surface area contributed by atoms with E-state index in [-0.39, 0.29) is 11.9 Å². The number of hydrogen-bond acceptors (Lipinski definition) is 5. The van der Waals surface area contributed by atoms with Crippen LogP contribution in [0.3, 0.4) is 0 Å². The number of aromatic nitrogens is 2. The molecular formula is C11H18N4O2. The van der Waals surface area contributed by atoms with Crippen LogP contribution in [0.5, 0.6) is 0 Å². The molecule has 1 amide bonds. The van der Waals surface area contributed by atoms with Gasteiger partial charge in [-0.05, 0) is 6.92 Å². The van der Waals surface area contributed by atoms with E-state index in [1.165, 1.54) is 6.33 Å². The number of amides is 1. The highest BCUT2D eigenvalue weighted by atomic mass is 16.5. The number of methoxy groups -OCH3 is 1. The fourth-order valence-corrected chi connectivity index (χ4v) is 1.21. The lowest BCUT2D eigenvalue weighted by molar-refractivity contribution is -0.122. The van der Waals surface area contributed by atoms with E-state index >= 15 is 0 Å². The molecule has 1 aromatic rings. The van der Waals surface area contributed by atoms with Crippen molar-refractivity contribution >= 4 is 5.91 Å². The maximum absolute atomic E-state index is 11.6. The largest absolute Gasteiger partial charge is 0.383 e. The smallest absolute Gasteiger partial charge is 0.236 e. The number of ether oxygens (including phenoxy) is 1. The van der Waals surface area contributed by atoms with Gasteiger partial charge in [0.1, 0.15) is 6.33 Å². The molecule has 0 fully saturated rings. The molecule has 0 bridgehead atoms. The predicted octanol–water partition coefficient (Wildman–Crippen LogP) is -0.283. The summed E-state index contributed by atoms with van der Waals surface area (Å²) in [5, 5.41) is 5.85. The molecule has 1 unspecified atom stereocenters. The van der Waals surface area contributed by atoms with E-state index in [4.69, 9.17) is 4.74 Å². The summed E-state index contributed by atoms with van der Waals surface area (Å²) in [6.07, 6.45) is 4.91. The Bertz CT molecular complexity index is 332. The van der Waals surface area contributed by atoms with Crippen LogP contribution in [-0.2, 0) is 16.1 Å². The fourth-order valence-electron chi connectivity index (χ4n) is 1.21. The number of hydrogen-bond donors (Lipinski definition) is 2. The first-order valence-electron chi connectivity index (χ1n) is 5.48. The molecule has 1 atom stereocenters. The zero-order valence-electron chi connectivity index (χ0n) is 10.1. The quantitative estimate of drug-likeness (QED) is 0.639. The van der Waals surface area contributed by atoms with Gasteiger partial charge < -0.3 is 15.4 Å². The van der Waals surface area contributed by atoms with E-state index in [1.807, 2.05) is 6.92 Å². The van der Waals surface area contributed by atoms with Gasteiger partial charge in [-0.1, -0.05) is 0 Å². The summed E-state index contributed by atoms with van der Waals surface area (Å²) in [5.41, 5.74) is 0.948. The van der Waals surface area contributed by atoms with Gasteiger partial charge in [-0.3, -0.25) is 4.79 Å². The van der Waals surface area contributed by atoms with Crippen molar-refractivity contribution in [3.63, 3.8) is 0 Å². The minimum absolute atomic E-state index is 0.0427. The van der Waals surface area contributed by atoms with Crippen LogP contribution in [0.15, 0.2) is 18.7 Å². The second kappa shape index (κ2) is 7.70. The molecule has 0 spiro atoms. The summed E-state index contributed by atoms with van der Waals surface area (Å²) >= 11 is 0. The molecule has 0 radical (unpaired) electrons. The average molecular weight is 238 g/mol. The average Bonchev–Trinajstić information content (AvgIpc) is 2.37. The molecule has 17 heavy (non-hydrogen) atoms. The summed E-state index contributed by atoms with van der Waals surface area (Å²) in [6, 6.07) is -0.257. The van der Waals surface area contributed by atoms with Crippen molar-refractivity contribution in [1.82, 2.24) is 20.6 Å². The van der Waals surface area contributed by atoms with Crippen molar-refractivity contribution in [1.29, 1.82) is 0 Å². The first kappa shape index (κ1) is 13.5. The third kappa shape index (κ3) is 5.37. The van der Waals surface area contributed by atoms with Crippen molar-refractivity contribution in [3.8, 4) is 0 Å². The van der Waals surface area contributed by atoms with Crippen LogP contribution in [0.4, 0.5) is 0 Å². The Balaban J connectivity index is 2.24. The molecule has 6 nitrogen and oxygen atoms in total. The monoisotopic (exact) mass is 238 g/mol. The van der Waals surface area contributed by atoms with Gasteiger partial charge in [0.2, 0.25) is 5.91 Å². The molecule has 0 aliphatic heterocycles. The normalized spacial score (nSPS) is 12.1. The van der Waals surface area contributed by atoms with Gasteiger partial charge >= 0.3 is 0 Å². The summed E-state index contributed by atoms with van der Waals surface area (Å²) in [4.78, 5) is 19.4. The fraction of sp³-hybridized carbons (Fsp3) is 0.545. The SMILES string of the molecule is COCCNC(=O)C(C)NCc1cncnc1. The zero-order valence-corrected chi connectivity index (χ0v) is 10.1. The molecule has 0 aliphatic rings. The molecule has 0 aromatic carbocycles. The highest BCUT2D eigenvalue weighted by Gasteiger charge is 2.10. The van der Waals surface area contributed by atoms with E-state index in [9.17, 15) is 4.79 Å². The second-order valence-corrected chi connectivity index (χ2v) is 3.63. The van der Waals surface area contributed by atoms with Crippen molar-refractivity contribution in [2.75, 3.05) is 20.3 Å². The predicted molar refractivity (Wildman–Crippen MR) is 63.2 cm³/mol. The molecule has 0 aliphatic carbocycles. The lowest BCUT2D eigenvalue weighted by Gasteiger charge is -2.13. The molecule has 6 heteroatoms. The van der Waals surface area contributed by atoms with Gasteiger partial charge in [0, 0.05) is 38.2 Å². The Kier molecular flexibility index (Phi) is 6.13. The second-order valence-electron chi connectivity index (χ2n) is 3.63. The van der Waals surface area contributed by atoms with Crippen molar-refractivity contribution in [3.05, 3.63) is 24.3 Å². The molecule has 1 rings (SSSR count). The first-order valence-corrected chi connectivity index (χ1v) is 5.48. The number of carbonyl (C=O) groups is 1. The van der Waals surface area contributed by atoms with E-state index in [2.05, 4.69) is 20.6 Å². The van der Waals surface area contributed by atoms with Crippen molar-refractivity contribution in [2.45, 2.75) is 19.5 Å². The summed E-state index contributed by atoms with van der Waals surface area (Å²) in [6.45, 7) is 3.42. The van der Waals surface area contributed by atoms with E-state index in [0.717, 1.165) is 5.56 Å². The van der Waals surface area contributed by atoms with Crippen LogP contribution in [-0.4, -0.2) is 42.2 Å². The third-order valence-corrected chi connectivity index (χ3v) is 2.23. The first-order chi connectivity index (χ1) is 8.24. The molecular weight excluding hydrogens is 220 g/mol. The maximum Gasteiger partial charge on any atom is 0.236 e. The van der Waals surface area contributed by atoms with Crippen LogP contribution < -0.4 is 10.6 Å². The van der Waals surface area contributed by atoms with Crippen molar-refractivity contribution in [2.24, 2.45) is 0 Å². The zero-order chi connectivity index (χ0) is 12.5. The van der Waals surface area contributed by atoms with Gasteiger partial charge in [-0.25, -0.2) is 9.97 Å². The number of rotatable bonds is 7. The Labute approximate surface area is 101 Å². The van der Waals surface area contributed by atoms with Gasteiger partial charge in [0.25, 0.3) is 0 Å². The van der Waals surface area contributed by atoms with Crippen molar-refractivity contribution < 1.29 is 9.53 Å². The molecule has 0 saturated carbocycles. The summed E-state index contributed by atoms with van der Waals surface area (Å²) in [5.74, 6) is -0.0427. The van der Waals surface area contributed by atoms with Gasteiger partial charge in [0.15, 0.2) is 0 Å². The molecule has 2 N–H and O–H groups in total. The van der Waals surface area contributed by atoms with Gasteiger partial charge in [0.05, 0.1) is 12.6 Å². The Morgan fingerprint density at radius 3 is 2.82 bits per heavy atom. The van der Waals surface area contributed by atoms with Crippen LogP contribution in [0.25, 0.3) is 0 Å². The number of carbonyl (C=O) groups excluding carboxylic acids is 1. The minimum Gasteiger partial charge on any atom is -0.383 e. The Hall–Kier alpha value is -1.53. The van der Waals surface area contributed by atoms with Crippen LogP contribution in [0, 0.1) is 0 Å². The van der Waals surface area contributed by atoms with E-state index in [0.29, 0.717) is 19.7 Å². The van der Waals surface area contributed by atoms with Gasteiger partial charge in [-0.2, -0.15) is 0 Å². The van der Waals surface area contributed by atoms with E-state index < -0.39 is 0 Å². The number of nitrogens with one attached hydrogen (secondary N) is 2. The van der Waals surface area contributed by atoms with Gasteiger partial charge in [-0.15, -0.1) is 0 Å². The topological polar surface area (TPSA) is 76.1 Å². The molecule has 1 aromatic heterocycles. The Morgan fingerprint density at radius 2 is 2.18 bits per heavy atom.